The topological polar surface area (TPSA) is 72.5 Å². The molecule has 0 saturated heterocycles. The predicted molar refractivity (Wildman–Crippen MR) is 110 cm³/mol. The van der Waals surface area contributed by atoms with Gasteiger partial charge in [0.2, 0.25) is 0 Å². The summed E-state index contributed by atoms with van der Waals surface area (Å²) < 4.78 is 10.5. The van der Waals surface area contributed by atoms with Crippen molar-refractivity contribution in [3.05, 3.63) is 71.9 Å². The fourth-order valence-corrected chi connectivity index (χ4v) is 4.07. The van der Waals surface area contributed by atoms with Crippen molar-refractivity contribution in [3.63, 3.8) is 0 Å². The van der Waals surface area contributed by atoms with Gasteiger partial charge in [-0.3, -0.25) is 4.79 Å². The Morgan fingerprint density at radius 2 is 1.93 bits per heavy atom. The zero-order valence-corrected chi connectivity index (χ0v) is 16.2. The number of aromatic nitrogens is 1. The lowest BCUT2D eigenvalue weighted by molar-refractivity contribution is 0.102. The molecule has 1 aromatic heterocycles. The molecule has 1 amide bonds. The van der Waals surface area contributed by atoms with E-state index in [1.807, 2.05) is 36.4 Å². The lowest BCUT2D eigenvalue weighted by Crippen LogP contribution is -2.12. The summed E-state index contributed by atoms with van der Waals surface area (Å²) in [5.41, 5.74) is 2.28. The average Bonchev–Trinajstić information content (AvgIpc) is 3.17. The van der Waals surface area contributed by atoms with Gasteiger partial charge in [-0.2, -0.15) is 0 Å². The van der Waals surface area contributed by atoms with Gasteiger partial charge in [-0.15, -0.1) is 0 Å². The van der Waals surface area contributed by atoms with Crippen molar-refractivity contribution in [2.75, 3.05) is 24.9 Å². The largest absolute Gasteiger partial charge is 0.493 e. The summed E-state index contributed by atoms with van der Waals surface area (Å²) in [7, 11) is 3.11. The first-order valence-corrected chi connectivity index (χ1v) is 9.57. The second-order valence-corrected chi connectivity index (χ2v) is 7.29. The average molecular weight is 393 g/mol. The second-order valence-electron chi connectivity index (χ2n) is 6.14. The van der Waals surface area contributed by atoms with E-state index in [9.17, 15) is 4.79 Å². The number of hydrogen-bond donors (Lipinski definition) is 2. The molecule has 1 unspecified atom stereocenters. The van der Waals surface area contributed by atoms with Gasteiger partial charge in [0.1, 0.15) is 11.2 Å². The predicted octanol–water partition coefficient (Wildman–Crippen LogP) is 4.57. The summed E-state index contributed by atoms with van der Waals surface area (Å²) in [5, 5.41) is 6.40. The molecule has 142 valence electrons. The third-order valence-electron chi connectivity index (χ3n) is 4.38. The number of nitrogens with zero attached hydrogens (tertiary/aromatic N) is 1. The minimum atomic E-state index is -0.213. The van der Waals surface area contributed by atoms with Crippen LogP contribution in [0.1, 0.15) is 21.3 Å². The van der Waals surface area contributed by atoms with Gasteiger partial charge in [0.05, 0.1) is 19.1 Å². The van der Waals surface area contributed by atoms with Gasteiger partial charge in [-0.1, -0.05) is 23.9 Å². The van der Waals surface area contributed by atoms with Gasteiger partial charge in [0, 0.05) is 17.4 Å². The zero-order valence-electron chi connectivity index (χ0n) is 15.4. The SMILES string of the molecule is COc1ccc(C(=O)Nc2cccc(C3Nc4ncccc4S3)c2)cc1OC. The quantitative estimate of drug-likeness (QED) is 0.662. The zero-order chi connectivity index (χ0) is 19.5. The van der Waals surface area contributed by atoms with Gasteiger partial charge in [0.25, 0.3) is 5.91 Å². The number of fused-ring (bicyclic) bond motifs is 1. The third kappa shape index (κ3) is 3.61. The minimum absolute atomic E-state index is 0.0582. The highest BCUT2D eigenvalue weighted by atomic mass is 32.2. The number of benzene rings is 2. The van der Waals surface area contributed by atoms with Crippen LogP contribution in [0.4, 0.5) is 11.5 Å². The summed E-state index contributed by atoms with van der Waals surface area (Å²) in [6, 6.07) is 16.8. The van der Waals surface area contributed by atoms with Gasteiger partial charge >= 0.3 is 0 Å². The summed E-state index contributed by atoms with van der Waals surface area (Å²) in [6.45, 7) is 0. The van der Waals surface area contributed by atoms with Crippen molar-refractivity contribution in [1.82, 2.24) is 4.98 Å². The maximum atomic E-state index is 12.7. The van der Waals surface area contributed by atoms with E-state index < -0.39 is 0 Å². The Balaban J connectivity index is 1.50. The first-order valence-electron chi connectivity index (χ1n) is 8.69. The lowest BCUT2D eigenvalue weighted by Gasteiger charge is -2.13. The Kier molecular flexibility index (Phi) is 5.08. The fraction of sp³-hybridized carbons (Fsp3) is 0.143. The van der Waals surface area contributed by atoms with Crippen LogP contribution in [0.15, 0.2) is 65.7 Å². The minimum Gasteiger partial charge on any atom is -0.493 e. The molecule has 28 heavy (non-hydrogen) atoms. The van der Waals surface area contributed by atoms with Crippen molar-refractivity contribution in [3.8, 4) is 11.5 Å². The van der Waals surface area contributed by atoms with E-state index in [4.69, 9.17) is 9.47 Å². The highest BCUT2D eigenvalue weighted by Crippen LogP contribution is 2.45. The molecule has 0 saturated carbocycles. The van der Waals surface area contributed by atoms with Crippen LogP contribution in [0.25, 0.3) is 0 Å². The van der Waals surface area contributed by atoms with Crippen molar-refractivity contribution >= 4 is 29.2 Å². The first-order chi connectivity index (χ1) is 13.7. The maximum Gasteiger partial charge on any atom is 0.255 e. The summed E-state index contributed by atoms with van der Waals surface area (Å²) in [4.78, 5) is 18.1. The number of pyridine rings is 1. The van der Waals surface area contributed by atoms with Crippen molar-refractivity contribution < 1.29 is 14.3 Å². The van der Waals surface area contributed by atoms with Crippen LogP contribution >= 0.6 is 11.8 Å². The fourth-order valence-electron chi connectivity index (χ4n) is 2.99. The lowest BCUT2D eigenvalue weighted by atomic mass is 10.1. The molecule has 1 aliphatic heterocycles. The Labute approximate surface area is 167 Å². The van der Waals surface area contributed by atoms with Crippen LogP contribution in [-0.4, -0.2) is 25.1 Å². The van der Waals surface area contributed by atoms with E-state index >= 15 is 0 Å². The molecule has 6 nitrogen and oxygen atoms in total. The Bertz CT molecular complexity index is 1000. The Morgan fingerprint density at radius 3 is 2.71 bits per heavy atom. The van der Waals surface area contributed by atoms with Crippen LogP contribution in [0, 0.1) is 0 Å². The summed E-state index contributed by atoms with van der Waals surface area (Å²) in [6.07, 6.45) is 1.77. The van der Waals surface area contributed by atoms with E-state index in [1.165, 1.54) is 0 Å². The smallest absolute Gasteiger partial charge is 0.255 e. The molecule has 0 aliphatic carbocycles. The second kappa shape index (κ2) is 7.82. The highest BCUT2D eigenvalue weighted by molar-refractivity contribution is 8.00. The van der Waals surface area contributed by atoms with Crippen LogP contribution in [0.2, 0.25) is 0 Å². The van der Waals surface area contributed by atoms with Crippen LogP contribution in [0.3, 0.4) is 0 Å². The number of rotatable bonds is 5. The molecular weight excluding hydrogens is 374 g/mol. The van der Waals surface area contributed by atoms with Crippen LogP contribution in [-0.2, 0) is 0 Å². The number of ether oxygens (including phenoxy) is 2. The van der Waals surface area contributed by atoms with E-state index in [2.05, 4.69) is 15.6 Å². The van der Waals surface area contributed by atoms with E-state index in [1.54, 1.807) is 50.4 Å². The molecular formula is C21H19N3O3S. The standard InChI is InChI=1S/C21H19N3O3S/c1-26-16-9-8-13(12-17(16)27-2)20(25)23-15-6-3-5-14(11-15)21-24-19-18(28-21)7-4-10-22-19/h3-12,21H,1-2H3,(H,22,24)(H,23,25). The molecule has 2 N–H and O–H groups in total. The number of carbonyl (C=O) groups excluding carboxylic acids is 1. The van der Waals surface area contributed by atoms with Gasteiger partial charge in [-0.25, -0.2) is 4.98 Å². The molecule has 0 fully saturated rings. The molecule has 0 radical (unpaired) electrons. The van der Waals surface area contributed by atoms with E-state index in [0.717, 1.165) is 22.0 Å². The van der Waals surface area contributed by atoms with Gasteiger partial charge in [0.15, 0.2) is 11.5 Å². The molecule has 0 bridgehead atoms. The number of anilines is 2. The molecule has 2 aromatic carbocycles. The number of nitrogens with one attached hydrogen (secondary N) is 2. The van der Waals surface area contributed by atoms with Crippen molar-refractivity contribution in [2.24, 2.45) is 0 Å². The van der Waals surface area contributed by atoms with Crippen LogP contribution in [0.5, 0.6) is 11.5 Å². The van der Waals surface area contributed by atoms with Gasteiger partial charge in [-0.05, 0) is 48.0 Å². The molecule has 2 heterocycles. The molecule has 4 rings (SSSR count). The normalized spacial score (nSPS) is 14.7. The Hall–Kier alpha value is -3.19. The molecule has 0 spiro atoms. The molecule has 3 aromatic rings. The monoisotopic (exact) mass is 393 g/mol. The number of methoxy groups -OCH3 is 2. The molecule has 1 aliphatic rings. The van der Waals surface area contributed by atoms with E-state index in [0.29, 0.717) is 17.1 Å². The number of carbonyl (C=O) groups is 1. The summed E-state index contributed by atoms with van der Waals surface area (Å²) in [5.74, 6) is 1.77. The number of thioether (sulfide) groups is 1. The Morgan fingerprint density at radius 1 is 1.07 bits per heavy atom. The number of hydrogen-bond acceptors (Lipinski definition) is 6. The molecule has 7 heteroatoms. The number of amides is 1. The van der Waals surface area contributed by atoms with Crippen molar-refractivity contribution in [1.29, 1.82) is 0 Å². The van der Waals surface area contributed by atoms with Crippen LogP contribution < -0.4 is 20.1 Å². The highest BCUT2D eigenvalue weighted by Gasteiger charge is 2.23. The van der Waals surface area contributed by atoms with Crippen molar-refractivity contribution in [2.45, 2.75) is 10.3 Å². The summed E-state index contributed by atoms with van der Waals surface area (Å²) >= 11 is 1.71. The maximum absolute atomic E-state index is 12.7. The van der Waals surface area contributed by atoms with Gasteiger partial charge < -0.3 is 20.1 Å². The third-order valence-corrected chi connectivity index (χ3v) is 5.59. The van der Waals surface area contributed by atoms with E-state index in [-0.39, 0.29) is 11.3 Å². The molecule has 1 atom stereocenters. The first kappa shape index (κ1) is 18.2.